The van der Waals surface area contributed by atoms with E-state index in [4.69, 9.17) is 0 Å². The zero-order valence-electron chi connectivity index (χ0n) is 14.9. The highest BCUT2D eigenvalue weighted by Gasteiger charge is 2.23. The molecule has 0 saturated carbocycles. The lowest BCUT2D eigenvalue weighted by Gasteiger charge is -2.25. The first kappa shape index (κ1) is 19.1. The number of carbonyl (C=O) groups excluding carboxylic acids is 2. The Morgan fingerprint density at radius 3 is 2.40 bits per heavy atom. The Hall–Kier alpha value is -2.21. The van der Waals surface area contributed by atoms with Crippen molar-refractivity contribution in [2.75, 3.05) is 11.9 Å². The molecule has 1 heterocycles. The smallest absolute Gasteiger partial charge is 0.264 e. The summed E-state index contributed by atoms with van der Waals surface area (Å²) in [4.78, 5) is 28.5. The summed E-state index contributed by atoms with van der Waals surface area (Å²) in [5.41, 5.74) is 1.61. The molecule has 0 aliphatic rings. The molecule has 1 aromatic heterocycles. The molecule has 134 valence electrons. The number of nitrogens with zero attached hydrogens (tertiary/aromatic N) is 1. The van der Waals surface area contributed by atoms with Crippen molar-refractivity contribution in [3.05, 3.63) is 51.5 Å². The first-order chi connectivity index (χ1) is 11.8. The van der Waals surface area contributed by atoms with Gasteiger partial charge >= 0.3 is 0 Å². The summed E-state index contributed by atoms with van der Waals surface area (Å²) in [5.74, 6) is -0.813. The molecule has 0 bridgehead atoms. The highest BCUT2D eigenvalue weighted by Crippen LogP contribution is 2.24. The van der Waals surface area contributed by atoms with E-state index in [2.05, 4.69) is 12.2 Å². The number of rotatable bonds is 6. The molecular formula is C19H23FN2O2S. The summed E-state index contributed by atoms with van der Waals surface area (Å²) in [6.45, 7) is 7.76. The standard InChI is InChI=1S/C19H23FN2O2S/c1-5-16-13(4)10-17(25-16)19(24)22(12(2)3)11-18(23)21-15-8-6-14(20)7-9-15/h6-10,12H,5,11H2,1-4H3,(H,21,23). The van der Waals surface area contributed by atoms with Gasteiger partial charge in [0.1, 0.15) is 12.4 Å². The first-order valence-electron chi connectivity index (χ1n) is 8.27. The minimum absolute atomic E-state index is 0.0493. The number of carbonyl (C=O) groups is 2. The molecule has 1 N–H and O–H groups in total. The number of benzene rings is 1. The van der Waals surface area contributed by atoms with Crippen molar-refractivity contribution >= 4 is 28.8 Å². The van der Waals surface area contributed by atoms with Crippen LogP contribution in [-0.2, 0) is 11.2 Å². The minimum atomic E-state index is -0.364. The van der Waals surface area contributed by atoms with Crippen LogP contribution in [0.15, 0.2) is 30.3 Å². The van der Waals surface area contributed by atoms with Crippen molar-refractivity contribution in [2.45, 2.75) is 40.2 Å². The molecule has 4 nitrogen and oxygen atoms in total. The molecule has 0 unspecified atom stereocenters. The fourth-order valence-corrected chi connectivity index (χ4v) is 3.57. The van der Waals surface area contributed by atoms with Crippen molar-refractivity contribution in [2.24, 2.45) is 0 Å². The lowest BCUT2D eigenvalue weighted by atomic mass is 10.2. The molecule has 25 heavy (non-hydrogen) atoms. The van der Waals surface area contributed by atoms with Crippen molar-refractivity contribution in [3.8, 4) is 0 Å². The quantitative estimate of drug-likeness (QED) is 0.835. The van der Waals surface area contributed by atoms with E-state index in [9.17, 15) is 14.0 Å². The Balaban J connectivity index is 2.10. The number of hydrogen-bond acceptors (Lipinski definition) is 3. The van der Waals surface area contributed by atoms with Gasteiger partial charge in [-0.25, -0.2) is 4.39 Å². The maximum absolute atomic E-state index is 12.9. The molecule has 0 aliphatic carbocycles. The largest absolute Gasteiger partial charge is 0.326 e. The zero-order chi connectivity index (χ0) is 18.6. The molecule has 0 fully saturated rings. The van der Waals surface area contributed by atoms with Gasteiger partial charge in [0, 0.05) is 16.6 Å². The third kappa shape index (κ3) is 4.89. The van der Waals surface area contributed by atoms with Crippen molar-refractivity contribution in [3.63, 3.8) is 0 Å². The molecule has 0 saturated heterocycles. The van der Waals surface area contributed by atoms with Crippen molar-refractivity contribution in [1.29, 1.82) is 0 Å². The van der Waals surface area contributed by atoms with Crippen molar-refractivity contribution in [1.82, 2.24) is 4.90 Å². The summed E-state index contributed by atoms with van der Waals surface area (Å²) in [7, 11) is 0. The van der Waals surface area contributed by atoms with E-state index < -0.39 is 0 Å². The molecule has 0 aliphatic heterocycles. The third-order valence-corrected chi connectivity index (χ3v) is 5.25. The van der Waals surface area contributed by atoms with E-state index in [0.717, 1.165) is 12.0 Å². The lowest BCUT2D eigenvalue weighted by Crippen LogP contribution is -2.42. The van der Waals surface area contributed by atoms with Crippen LogP contribution in [-0.4, -0.2) is 29.3 Å². The van der Waals surface area contributed by atoms with Crippen LogP contribution in [0.1, 0.15) is 40.9 Å². The van der Waals surface area contributed by atoms with E-state index in [-0.39, 0.29) is 30.2 Å². The highest BCUT2D eigenvalue weighted by atomic mass is 32.1. The van der Waals surface area contributed by atoms with Crippen LogP contribution in [0.4, 0.5) is 10.1 Å². The molecule has 2 amide bonds. The number of thiophene rings is 1. The molecule has 1 aromatic carbocycles. The van der Waals surface area contributed by atoms with Gasteiger partial charge < -0.3 is 10.2 Å². The second-order valence-electron chi connectivity index (χ2n) is 6.15. The van der Waals surface area contributed by atoms with Crippen LogP contribution < -0.4 is 5.32 Å². The zero-order valence-corrected chi connectivity index (χ0v) is 15.7. The predicted molar refractivity (Wildman–Crippen MR) is 99.6 cm³/mol. The number of nitrogens with one attached hydrogen (secondary N) is 1. The van der Waals surface area contributed by atoms with Gasteiger partial charge in [-0.15, -0.1) is 11.3 Å². The normalized spacial score (nSPS) is 10.8. The van der Waals surface area contributed by atoms with Crippen LogP contribution in [0.25, 0.3) is 0 Å². The van der Waals surface area contributed by atoms with Gasteiger partial charge in [-0.3, -0.25) is 9.59 Å². The van der Waals surface area contributed by atoms with E-state index in [0.29, 0.717) is 10.6 Å². The van der Waals surface area contributed by atoms with Gasteiger partial charge in [0.05, 0.1) is 4.88 Å². The van der Waals surface area contributed by atoms with E-state index in [1.807, 2.05) is 26.8 Å². The van der Waals surface area contributed by atoms with Gasteiger partial charge in [-0.05, 0) is 63.1 Å². The third-order valence-electron chi connectivity index (χ3n) is 3.88. The second kappa shape index (κ2) is 8.25. The predicted octanol–water partition coefficient (Wildman–Crippen LogP) is 4.25. The minimum Gasteiger partial charge on any atom is -0.326 e. The van der Waals surface area contributed by atoms with Gasteiger partial charge in [-0.2, -0.15) is 0 Å². The SMILES string of the molecule is CCc1sc(C(=O)N(CC(=O)Nc2ccc(F)cc2)C(C)C)cc1C. The number of aryl methyl sites for hydroxylation is 2. The van der Waals surface area contributed by atoms with E-state index in [1.165, 1.54) is 40.5 Å². The maximum atomic E-state index is 12.9. The van der Waals surface area contributed by atoms with Gasteiger partial charge in [0.2, 0.25) is 5.91 Å². The Bertz CT molecular complexity index is 753. The molecular weight excluding hydrogens is 339 g/mol. The van der Waals surface area contributed by atoms with E-state index >= 15 is 0 Å². The summed E-state index contributed by atoms with van der Waals surface area (Å²) < 4.78 is 12.9. The van der Waals surface area contributed by atoms with Crippen LogP contribution in [0.5, 0.6) is 0 Å². The van der Waals surface area contributed by atoms with Crippen LogP contribution in [0.2, 0.25) is 0 Å². The molecule has 0 radical (unpaired) electrons. The molecule has 2 aromatic rings. The first-order valence-corrected chi connectivity index (χ1v) is 9.09. The fourth-order valence-electron chi connectivity index (χ4n) is 2.50. The summed E-state index contributed by atoms with van der Waals surface area (Å²) >= 11 is 1.48. The Kier molecular flexibility index (Phi) is 6.31. The van der Waals surface area contributed by atoms with Crippen LogP contribution >= 0.6 is 11.3 Å². The molecule has 6 heteroatoms. The van der Waals surface area contributed by atoms with Crippen molar-refractivity contribution < 1.29 is 14.0 Å². The number of anilines is 1. The lowest BCUT2D eigenvalue weighted by molar-refractivity contribution is -0.117. The Morgan fingerprint density at radius 2 is 1.88 bits per heavy atom. The molecule has 0 spiro atoms. The van der Waals surface area contributed by atoms with Gasteiger partial charge in [0.15, 0.2) is 0 Å². The Morgan fingerprint density at radius 1 is 1.24 bits per heavy atom. The average molecular weight is 362 g/mol. The number of halogens is 1. The van der Waals surface area contributed by atoms with Gasteiger partial charge in [-0.1, -0.05) is 6.92 Å². The average Bonchev–Trinajstić information content (AvgIpc) is 2.95. The molecule has 2 rings (SSSR count). The second-order valence-corrected chi connectivity index (χ2v) is 7.29. The number of amides is 2. The Labute approximate surface area is 151 Å². The monoisotopic (exact) mass is 362 g/mol. The highest BCUT2D eigenvalue weighted by molar-refractivity contribution is 7.14. The summed E-state index contributed by atoms with van der Waals surface area (Å²) in [5, 5.41) is 2.69. The van der Waals surface area contributed by atoms with Crippen LogP contribution in [0.3, 0.4) is 0 Å². The fraction of sp³-hybridized carbons (Fsp3) is 0.368. The van der Waals surface area contributed by atoms with Gasteiger partial charge in [0.25, 0.3) is 5.91 Å². The van der Waals surface area contributed by atoms with E-state index in [1.54, 1.807) is 4.90 Å². The van der Waals surface area contributed by atoms with Crippen LogP contribution in [0, 0.1) is 12.7 Å². The summed E-state index contributed by atoms with van der Waals surface area (Å²) in [6.07, 6.45) is 0.885. The summed E-state index contributed by atoms with van der Waals surface area (Å²) in [6, 6.07) is 7.32. The maximum Gasteiger partial charge on any atom is 0.264 e. The topological polar surface area (TPSA) is 49.4 Å². The number of hydrogen-bond donors (Lipinski definition) is 1. The molecule has 0 atom stereocenters.